The highest BCUT2D eigenvalue weighted by Gasteiger charge is 2.05. The molecule has 0 aromatic heterocycles. The van der Waals surface area contributed by atoms with E-state index in [1.165, 1.54) is 11.1 Å². The third-order valence-corrected chi connectivity index (χ3v) is 4.00. The first-order chi connectivity index (χ1) is 10.5. The van der Waals surface area contributed by atoms with Crippen molar-refractivity contribution in [1.82, 2.24) is 5.32 Å². The number of rotatable bonds is 6. The van der Waals surface area contributed by atoms with Crippen LogP contribution in [0.5, 0.6) is 0 Å². The van der Waals surface area contributed by atoms with Crippen LogP contribution in [-0.4, -0.2) is 12.5 Å². The average Bonchev–Trinajstić information content (AvgIpc) is 2.47. The van der Waals surface area contributed by atoms with Crippen LogP contribution in [0.3, 0.4) is 0 Å². The fourth-order valence-corrected chi connectivity index (χ4v) is 2.78. The minimum atomic E-state index is 0.0151. The first-order valence-corrected chi connectivity index (χ1v) is 8.16. The van der Waals surface area contributed by atoms with Gasteiger partial charge < -0.3 is 10.6 Å². The molecule has 0 spiro atoms. The summed E-state index contributed by atoms with van der Waals surface area (Å²) in [5.41, 5.74) is 4.46. The van der Waals surface area contributed by atoms with Crippen LogP contribution in [-0.2, 0) is 11.3 Å². The molecule has 4 heteroatoms. The summed E-state index contributed by atoms with van der Waals surface area (Å²) in [6.45, 7) is 5.54. The number of nitrogens with one attached hydrogen (secondary N) is 2. The van der Waals surface area contributed by atoms with Gasteiger partial charge in [0, 0.05) is 24.0 Å². The van der Waals surface area contributed by atoms with Gasteiger partial charge in [0.25, 0.3) is 0 Å². The molecule has 116 valence electrons. The third kappa shape index (κ3) is 5.28. The van der Waals surface area contributed by atoms with Crippen LogP contribution in [0.1, 0.15) is 23.1 Å². The quantitative estimate of drug-likeness (QED) is 0.758. The number of carbonyl (C=O) groups excluding carboxylic acids is 1. The molecule has 3 nitrogen and oxygen atoms in total. The fraction of sp³-hybridized carbons (Fsp3) is 0.278. The second-order valence-electron chi connectivity index (χ2n) is 5.45. The van der Waals surface area contributed by atoms with E-state index in [0.29, 0.717) is 13.0 Å². The minimum absolute atomic E-state index is 0.0151. The van der Waals surface area contributed by atoms with Crippen molar-refractivity contribution < 1.29 is 4.79 Å². The van der Waals surface area contributed by atoms with E-state index in [-0.39, 0.29) is 5.91 Å². The van der Waals surface area contributed by atoms with Crippen molar-refractivity contribution in [3.05, 3.63) is 63.6 Å². The number of anilines is 1. The molecular formula is C18H21BrN2O. The molecule has 0 unspecified atom stereocenters. The van der Waals surface area contributed by atoms with Crippen molar-refractivity contribution in [2.75, 3.05) is 11.9 Å². The van der Waals surface area contributed by atoms with Gasteiger partial charge in [-0.25, -0.2) is 0 Å². The molecule has 0 bridgehead atoms. The van der Waals surface area contributed by atoms with E-state index in [9.17, 15) is 4.79 Å². The summed E-state index contributed by atoms with van der Waals surface area (Å²) in [6.07, 6.45) is 0.451. The van der Waals surface area contributed by atoms with Crippen LogP contribution < -0.4 is 10.6 Å². The summed E-state index contributed by atoms with van der Waals surface area (Å²) < 4.78 is 0.911. The number of aryl methyl sites for hydroxylation is 2. The first-order valence-electron chi connectivity index (χ1n) is 7.37. The molecule has 2 aromatic rings. The molecule has 2 rings (SSSR count). The minimum Gasteiger partial charge on any atom is -0.325 e. The van der Waals surface area contributed by atoms with Gasteiger partial charge in [-0.05, 0) is 53.0 Å². The van der Waals surface area contributed by atoms with Crippen molar-refractivity contribution in [1.29, 1.82) is 0 Å². The van der Waals surface area contributed by atoms with Crippen LogP contribution in [0.25, 0.3) is 0 Å². The van der Waals surface area contributed by atoms with Crippen molar-refractivity contribution in [2.45, 2.75) is 26.8 Å². The van der Waals surface area contributed by atoms with E-state index in [4.69, 9.17) is 0 Å². The molecule has 0 saturated heterocycles. The summed E-state index contributed by atoms with van der Waals surface area (Å²) in [4.78, 5) is 11.9. The van der Waals surface area contributed by atoms with Crippen molar-refractivity contribution >= 4 is 27.5 Å². The summed E-state index contributed by atoms with van der Waals surface area (Å²) >= 11 is 3.46. The van der Waals surface area contributed by atoms with Gasteiger partial charge in [0.05, 0.1) is 5.69 Å². The van der Waals surface area contributed by atoms with E-state index < -0.39 is 0 Å². The fourth-order valence-electron chi connectivity index (χ4n) is 2.19. The van der Waals surface area contributed by atoms with Gasteiger partial charge in [-0.2, -0.15) is 0 Å². The number of hydrogen-bond acceptors (Lipinski definition) is 2. The maximum atomic E-state index is 11.9. The van der Waals surface area contributed by atoms with E-state index in [0.717, 1.165) is 22.3 Å². The molecule has 2 aromatic carbocycles. The Hall–Kier alpha value is -1.65. The Morgan fingerprint density at radius 1 is 1.09 bits per heavy atom. The zero-order valence-corrected chi connectivity index (χ0v) is 14.5. The lowest BCUT2D eigenvalue weighted by Gasteiger charge is -2.09. The molecule has 0 fully saturated rings. The Balaban J connectivity index is 1.74. The van der Waals surface area contributed by atoms with Crippen LogP contribution in [0.15, 0.2) is 46.9 Å². The average molecular weight is 361 g/mol. The third-order valence-electron chi connectivity index (χ3n) is 3.34. The standard InChI is InChI=1S/C18H21BrN2O/c1-13-4-3-5-15(10-13)12-20-9-8-18(22)21-17-7-6-14(2)11-16(17)19/h3-7,10-11,20H,8-9,12H2,1-2H3,(H,21,22). The topological polar surface area (TPSA) is 41.1 Å². The zero-order valence-electron chi connectivity index (χ0n) is 12.9. The second kappa shape index (κ2) is 8.11. The Labute approximate surface area is 140 Å². The number of amides is 1. The Morgan fingerprint density at radius 3 is 2.59 bits per heavy atom. The molecule has 1 amide bonds. The number of halogens is 1. The van der Waals surface area contributed by atoms with Gasteiger partial charge in [-0.1, -0.05) is 35.9 Å². The van der Waals surface area contributed by atoms with E-state index in [2.05, 4.69) is 51.7 Å². The molecule has 0 aliphatic rings. The van der Waals surface area contributed by atoms with E-state index >= 15 is 0 Å². The van der Waals surface area contributed by atoms with Crippen molar-refractivity contribution in [3.63, 3.8) is 0 Å². The highest BCUT2D eigenvalue weighted by Crippen LogP contribution is 2.23. The predicted molar refractivity (Wildman–Crippen MR) is 95.0 cm³/mol. The Bertz CT molecular complexity index is 655. The van der Waals surface area contributed by atoms with Crippen molar-refractivity contribution in [2.24, 2.45) is 0 Å². The van der Waals surface area contributed by atoms with E-state index in [1.54, 1.807) is 0 Å². The molecule has 0 saturated carbocycles. The predicted octanol–water partition coefficient (Wildman–Crippen LogP) is 4.18. The zero-order chi connectivity index (χ0) is 15.9. The SMILES string of the molecule is Cc1cccc(CNCCC(=O)Nc2ccc(C)cc2Br)c1. The van der Waals surface area contributed by atoms with Gasteiger partial charge in [0.15, 0.2) is 0 Å². The van der Waals surface area contributed by atoms with Crippen LogP contribution in [0, 0.1) is 13.8 Å². The lowest BCUT2D eigenvalue weighted by molar-refractivity contribution is -0.116. The molecule has 0 radical (unpaired) electrons. The van der Waals surface area contributed by atoms with Crippen LogP contribution in [0.4, 0.5) is 5.69 Å². The number of hydrogen-bond donors (Lipinski definition) is 2. The largest absolute Gasteiger partial charge is 0.325 e. The Kier molecular flexibility index (Phi) is 6.16. The lowest BCUT2D eigenvalue weighted by Crippen LogP contribution is -2.21. The maximum absolute atomic E-state index is 11.9. The summed E-state index contributed by atoms with van der Waals surface area (Å²) in [6, 6.07) is 14.3. The first kappa shape index (κ1) is 16.7. The van der Waals surface area contributed by atoms with Crippen molar-refractivity contribution in [3.8, 4) is 0 Å². The van der Waals surface area contributed by atoms with Gasteiger partial charge in [0.2, 0.25) is 5.91 Å². The highest BCUT2D eigenvalue weighted by atomic mass is 79.9. The molecule has 0 aliphatic carbocycles. The van der Waals surface area contributed by atoms with Gasteiger partial charge in [-0.15, -0.1) is 0 Å². The molecule has 0 atom stereocenters. The van der Waals surface area contributed by atoms with Crippen LogP contribution >= 0.6 is 15.9 Å². The van der Waals surface area contributed by atoms with E-state index in [1.807, 2.05) is 31.2 Å². The smallest absolute Gasteiger partial charge is 0.225 e. The number of carbonyl (C=O) groups is 1. The second-order valence-corrected chi connectivity index (χ2v) is 6.30. The summed E-state index contributed by atoms with van der Waals surface area (Å²) in [5, 5.41) is 6.22. The lowest BCUT2D eigenvalue weighted by atomic mass is 10.1. The van der Waals surface area contributed by atoms with Crippen LogP contribution in [0.2, 0.25) is 0 Å². The highest BCUT2D eigenvalue weighted by molar-refractivity contribution is 9.10. The van der Waals surface area contributed by atoms with Gasteiger partial charge in [-0.3, -0.25) is 4.79 Å². The molecule has 0 heterocycles. The monoisotopic (exact) mass is 360 g/mol. The summed E-state index contributed by atoms with van der Waals surface area (Å²) in [7, 11) is 0. The summed E-state index contributed by atoms with van der Waals surface area (Å²) in [5.74, 6) is 0.0151. The maximum Gasteiger partial charge on any atom is 0.225 e. The van der Waals surface area contributed by atoms with Gasteiger partial charge >= 0.3 is 0 Å². The molecule has 22 heavy (non-hydrogen) atoms. The van der Waals surface area contributed by atoms with Gasteiger partial charge in [0.1, 0.15) is 0 Å². The Morgan fingerprint density at radius 2 is 1.86 bits per heavy atom. The normalized spacial score (nSPS) is 10.5. The molecular weight excluding hydrogens is 340 g/mol. The number of benzene rings is 2. The molecule has 0 aliphatic heterocycles. The molecule has 2 N–H and O–H groups in total.